The molecule has 2 aliphatic rings. The number of para-hydroxylation sites is 2. The van der Waals surface area contributed by atoms with Crippen LogP contribution in [0.2, 0.25) is 0 Å². The van der Waals surface area contributed by atoms with Gasteiger partial charge >= 0.3 is 0 Å². The van der Waals surface area contributed by atoms with Crippen LogP contribution in [-0.2, 0) is 5.41 Å². The van der Waals surface area contributed by atoms with Crippen LogP contribution in [0, 0.1) is 0 Å². The second kappa shape index (κ2) is 13.9. The van der Waals surface area contributed by atoms with Gasteiger partial charge in [-0.05, 0) is 64.0 Å². The fourth-order valence-corrected chi connectivity index (χ4v) is 11.9. The molecular formula is C60H35N3OS. The zero-order valence-electron chi connectivity index (χ0n) is 34.9. The molecule has 3 aromatic heterocycles. The van der Waals surface area contributed by atoms with Crippen molar-refractivity contribution in [3.8, 4) is 67.8 Å². The van der Waals surface area contributed by atoms with Crippen LogP contribution in [0.4, 0.5) is 0 Å². The molecule has 0 saturated heterocycles. The quantitative estimate of drug-likeness (QED) is 0.166. The zero-order valence-corrected chi connectivity index (χ0v) is 35.7. The van der Waals surface area contributed by atoms with E-state index in [2.05, 4.69) is 194 Å². The lowest BCUT2D eigenvalue weighted by Gasteiger charge is -2.39. The van der Waals surface area contributed by atoms with E-state index in [4.69, 9.17) is 19.7 Å². The maximum atomic E-state index is 6.98. The largest absolute Gasteiger partial charge is 0.457 e. The van der Waals surface area contributed by atoms with Gasteiger partial charge in [-0.3, -0.25) is 0 Å². The van der Waals surface area contributed by atoms with Crippen LogP contribution in [0.15, 0.2) is 212 Å². The number of benzene rings is 9. The molecule has 1 spiro atoms. The highest BCUT2D eigenvalue weighted by Gasteiger charge is 2.51. The summed E-state index contributed by atoms with van der Waals surface area (Å²) in [6.07, 6.45) is 0. The number of fused-ring (bicyclic) bond motifs is 15. The molecule has 0 N–H and O–H groups in total. The van der Waals surface area contributed by atoms with E-state index in [0.29, 0.717) is 5.82 Å². The summed E-state index contributed by atoms with van der Waals surface area (Å²) in [6, 6.07) is 75.8. The van der Waals surface area contributed by atoms with Crippen molar-refractivity contribution in [1.82, 2.24) is 15.0 Å². The highest BCUT2D eigenvalue weighted by Crippen LogP contribution is 2.62. The summed E-state index contributed by atoms with van der Waals surface area (Å²) in [6.45, 7) is 0. The second-order valence-electron chi connectivity index (χ2n) is 17.0. The Labute approximate surface area is 378 Å². The van der Waals surface area contributed by atoms with Gasteiger partial charge in [0.1, 0.15) is 11.5 Å². The van der Waals surface area contributed by atoms with E-state index in [1.54, 1.807) is 0 Å². The number of nitrogens with zero attached hydrogens (tertiary/aromatic N) is 3. The molecular weight excluding hydrogens is 811 g/mol. The minimum absolute atomic E-state index is 0.560. The molecule has 0 unspecified atom stereocenters. The average Bonchev–Trinajstić information content (AvgIpc) is 3.90. The van der Waals surface area contributed by atoms with Crippen molar-refractivity contribution >= 4 is 53.2 Å². The SMILES string of the molecule is c1ccc(-c2nc(-c3ccc(-c4nc5ccccc5c5cc6c(cc45)Oc4ccccc4C64c5ccccc5-c5ccccc54)cc3)cc(-c3cccc4c3sc3ccccc34)n2)cc1. The highest BCUT2D eigenvalue weighted by atomic mass is 32.1. The summed E-state index contributed by atoms with van der Waals surface area (Å²) >= 11 is 1.82. The normalized spacial score (nSPS) is 13.2. The monoisotopic (exact) mass is 845 g/mol. The topological polar surface area (TPSA) is 47.9 Å². The van der Waals surface area contributed by atoms with Crippen LogP contribution in [0.1, 0.15) is 22.3 Å². The van der Waals surface area contributed by atoms with Crippen LogP contribution in [0.3, 0.4) is 0 Å². The van der Waals surface area contributed by atoms with Crippen LogP contribution in [0.5, 0.6) is 11.5 Å². The molecule has 65 heavy (non-hydrogen) atoms. The lowest BCUT2D eigenvalue weighted by molar-refractivity contribution is 0.437. The summed E-state index contributed by atoms with van der Waals surface area (Å²) in [7, 11) is 0. The van der Waals surface area contributed by atoms with Gasteiger partial charge in [0, 0.05) is 64.3 Å². The van der Waals surface area contributed by atoms with E-state index in [-0.39, 0.29) is 0 Å². The first kappa shape index (κ1) is 36.3. The second-order valence-corrected chi connectivity index (χ2v) is 18.0. The van der Waals surface area contributed by atoms with Gasteiger partial charge in [-0.15, -0.1) is 11.3 Å². The molecule has 1 aliphatic carbocycles. The fraction of sp³-hybridized carbons (Fsp3) is 0.0167. The molecule has 4 nitrogen and oxygen atoms in total. The van der Waals surface area contributed by atoms with Crippen LogP contribution >= 0.6 is 11.3 Å². The Morgan fingerprint density at radius 2 is 1.00 bits per heavy atom. The molecule has 0 atom stereocenters. The van der Waals surface area contributed by atoms with Crippen molar-refractivity contribution in [2.24, 2.45) is 0 Å². The maximum Gasteiger partial charge on any atom is 0.160 e. The van der Waals surface area contributed by atoms with Crippen molar-refractivity contribution in [1.29, 1.82) is 0 Å². The van der Waals surface area contributed by atoms with Crippen LogP contribution < -0.4 is 4.74 Å². The first-order valence-corrected chi connectivity index (χ1v) is 22.8. The van der Waals surface area contributed by atoms with Gasteiger partial charge < -0.3 is 4.74 Å². The Kier molecular flexibility index (Phi) is 7.74. The minimum atomic E-state index is -0.560. The van der Waals surface area contributed by atoms with Gasteiger partial charge in [-0.2, -0.15) is 0 Å². The number of pyridine rings is 1. The third-order valence-corrected chi connectivity index (χ3v) is 14.8. The molecule has 302 valence electrons. The van der Waals surface area contributed by atoms with Gasteiger partial charge in [-0.1, -0.05) is 176 Å². The number of hydrogen-bond donors (Lipinski definition) is 0. The molecule has 0 amide bonds. The van der Waals surface area contributed by atoms with E-state index < -0.39 is 5.41 Å². The first-order valence-electron chi connectivity index (χ1n) is 22.0. The third-order valence-electron chi connectivity index (χ3n) is 13.6. The van der Waals surface area contributed by atoms with Crippen molar-refractivity contribution in [3.63, 3.8) is 0 Å². The molecule has 14 rings (SSSR count). The molecule has 0 radical (unpaired) electrons. The average molecular weight is 846 g/mol. The van der Waals surface area contributed by atoms with Gasteiger partial charge in [0.2, 0.25) is 0 Å². The molecule has 1 aliphatic heterocycles. The van der Waals surface area contributed by atoms with Crippen molar-refractivity contribution in [2.75, 3.05) is 0 Å². The molecule has 4 heterocycles. The lowest BCUT2D eigenvalue weighted by atomic mass is 9.65. The number of rotatable bonds is 4. The number of thiophene rings is 1. The molecule has 9 aromatic carbocycles. The molecule has 0 fully saturated rings. The fourth-order valence-electron chi connectivity index (χ4n) is 10.7. The molecule has 5 heteroatoms. The highest BCUT2D eigenvalue weighted by molar-refractivity contribution is 7.26. The van der Waals surface area contributed by atoms with E-state index in [9.17, 15) is 0 Å². The summed E-state index contributed by atoms with van der Waals surface area (Å²) < 4.78 is 9.47. The molecule has 0 bridgehead atoms. The van der Waals surface area contributed by atoms with Crippen LogP contribution in [-0.4, -0.2) is 15.0 Å². The number of ether oxygens (including phenoxy) is 1. The van der Waals surface area contributed by atoms with Crippen molar-refractivity contribution < 1.29 is 4.74 Å². The van der Waals surface area contributed by atoms with Crippen LogP contribution in [0.25, 0.3) is 98.1 Å². The molecule has 12 aromatic rings. The van der Waals surface area contributed by atoms with E-state index in [1.165, 1.54) is 42.4 Å². The summed E-state index contributed by atoms with van der Waals surface area (Å²) in [5.74, 6) is 2.40. The van der Waals surface area contributed by atoms with E-state index in [1.807, 2.05) is 29.5 Å². The Hall–Kier alpha value is -8.25. The van der Waals surface area contributed by atoms with Gasteiger partial charge in [0.25, 0.3) is 0 Å². The standard InChI is InChI=1S/C60H35N3OS/c1-2-15-38(16-3-1)59-62-52(35-53(63-59)44-22-14-21-43-42-20-7-13-28-56(42)65-58(43)44)36-29-31-37(32-30-36)57-46-34-55-50(33-45(46)41-19-6-11-26-51(41)61-57)60(49-25-10-12-27-54(49)64-55)47-23-8-4-17-39(47)40-18-5-9-24-48(40)60/h1-35H. The lowest BCUT2D eigenvalue weighted by Crippen LogP contribution is -2.32. The smallest absolute Gasteiger partial charge is 0.160 e. The van der Waals surface area contributed by atoms with Crippen molar-refractivity contribution in [2.45, 2.75) is 5.41 Å². The predicted octanol–water partition coefficient (Wildman–Crippen LogP) is 15.7. The minimum Gasteiger partial charge on any atom is -0.457 e. The Morgan fingerprint density at radius 3 is 1.82 bits per heavy atom. The number of hydrogen-bond acceptors (Lipinski definition) is 5. The van der Waals surface area contributed by atoms with E-state index >= 15 is 0 Å². The molecule has 0 saturated carbocycles. The predicted molar refractivity (Wildman–Crippen MR) is 267 cm³/mol. The summed E-state index contributed by atoms with van der Waals surface area (Å²) in [5, 5.41) is 5.79. The first-order chi connectivity index (χ1) is 32.2. The Balaban J connectivity index is 0.952. The number of aromatic nitrogens is 3. The Bertz CT molecular complexity index is 3880. The third kappa shape index (κ3) is 5.27. The van der Waals surface area contributed by atoms with Gasteiger partial charge in [0.15, 0.2) is 5.82 Å². The summed E-state index contributed by atoms with van der Waals surface area (Å²) in [4.78, 5) is 15.8. The van der Waals surface area contributed by atoms with Crippen molar-refractivity contribution in [3.05, 3.63) is 235 Å². The van der Waals surface area contributed by atoms with E-state index in [0.717, 1.165) is 83.6 Å². The zero-order chi connectivity index (χ0) is 42.6. The Morgan fingerprint density at radius 1 is 0.369 bits per heavy atom. The maximum absolute atomic E-state index is 6.98. The van der Waals surface area contributed by atoms with Gasteiger partial charge in [-0.25, -0.2) is 15.0 Å². The van der Waals surface area contributed by atoms with Gasteiger partial charge in [0.05, 0.1) is 28.0 Å². The summed E-state index contributed by atoms with van der Waals surface area (Å²) in [5.41, 5.74) is 14.5.